The van der Waals surface area contributed by atoms with Crippen molar-refractivity contribution in [1.29, 1.82) is 0 Å². The molecule has 1 heterocycles. The highest BCUT2D eigenvalue weighted by Crippen LogP contribution is 2.16. The minimum Gasteiger partial charge on any atom is -0.316 e. The Morgan fingerprint density at radius 3 is 3.17 bits per heavy atom. The lowest BCUT2D eigenvalue weighted by molar-refractivity contribution is 0.707. The van der Waals surface area contributed by atoms with Crippen molar-refractivity contribution in [2.24, 2.45) is 0 Å². The minimum atomic E-state index is 1.05. The van der Waals surface area contributed by atoms with E-state index in [1.165, 1.54) is 18.0 Å². The van der Waals surface area contributed by atoms with Gasteiger partial charge in [0.25, 0.3) is 0 Å². The summed E-state index contributed by atoms with van der Waals surface area (Å²) in [5.74, 6) is 1.08. The summed E-state index contributed by atoms with van der Waals surface area (Å²) >= 11 is 3.22. The van der Waals surface area contributed by atoms with Crippen LogP contribution in [0.2, 0.25) is 0 Å². The van der Waals surface area contributed by atoms with Gasteiger partial charge in [-0.15, -0.1) is 0 Å². The van der Waals surface area contributed by atoms with Crippen LogP contribution in [-0.2, 0) is 0 Å². The summed E-state index contributed by atoms with van der Waals surface area (Å²) in [6.07, 6.45) is 2.80. The summed E-state index contributed by atoms with van der Waals surface area (Å²) in [7, 11) is 0. The molecule has 0 radical (unpaired) electrons. The largest absolute Gasteiger partial charge is 0.316 e. The second-order valence-electron chi connectivity index (χ2n) is 2.31. The Morgan fingerprint density at radius 2 is 2.50 bits per heavy atom. The molecule has 0 saturated heterocycles. The summed E-state index contributed by atoms with van der Waals surface area (Å²) in [5, 5.41) is 3.33. The quantitative estimate of drug-likeness (QED) is 0.563. The van der Waals surface area contributed by atoms with E-state index in [9.17, 15) is 0 Å². The number of aromatic nitrogens is 2. The Hall–Kier alpha value is -0.130. The van der Waals surface area contributed by atoms with Gasteiger partial charge in [0.05, 0.1) is 0 Å². The fourth-order valence-corrected chi connectivity index (χ4v) is 2.15. The highest BCUT2D eigenvalue weighted by Gasteiger charge is 1.95. The van der Waals surface area contributed by atoms with Crippen LogP contribution in [0.4, 0.5) is 0 Å². The molecule has 1 rings (SSSR count). The molecule has 0 atom stereocenters. The highest BCUT2D eigenvalue weighted by molar-refractivity contribution is 8.00. The molecule has 0 spiro atoms. The van der Waals surface area contributed by atoms with Crippen LogP contribution in [0.3, 0.4) is 0 Å². The molecule has 0 aliphatic rings. The van der Waals surface area contributed by atoms with Crippen molar-refractivity contribution in [3.63, 3.8) is 0 Å². The summed E-state index contributed by atoms with van der Waals surface area (Å²) < 4.78 is 4.99. The van der Waals surface area contributed by atoms with E-state index in [0.29, 0.717) is 0 Å². The van der Waals surface area contributed by atoms with Crippen molar-refractivity contribution in [1.82, 2.24) is 14.7 Å². The SMILES string of the molecule is CCCNCCSc1ncns1. The molecule has 12 heavy (non-hydrogen) atoms. The molecular weight excluding hydrogens is 190 g/mol. The van der Waals surface area contributed by atoms with E-state index in [1.807, 2.05) is 0 Å². The van der Waals surface area contributed by atoms with Crippen molar-refractivity contribution in [3.05, 3.63) is 6.33 Å². The van der Waals surface area contributed by atoms with Gasteiger partial charge in [0.2, 0.25) is 0 Å². The van der Waals surface area contributed by atoms with Crippen molar-refractivity contribution in [2.75, 3.05) is 18.8 Å². The lowest BCUT2D eigenvalue weighted by atomic mass is 10.5. The summed E-state index contributed by atoms with van der Waals surface area (Å²) in [5.41, 5.74) is 0. The Balaban J connectivity index is 1.96. The number of rotatable bonds is 6. The molecule has 0 fully saturated rings. The second-order valence-corrected chi connectivity index (χ2v) is 4.43. The van der Waals surface area contributed by atoms with E-state index >= 15 is 0 Å². The Kier molecular flexibility index (Phi) is 5.30. The van der Waals surface area contributed by atoms with Crippen LogP contribution in [-0.4, -0.2) is 28.2 Å². The maximum Gasteiger partial charge on any atom is 0.169 e. The van der Waals surface area contributed by atoms with Gasteiger partial charge in [-0.3, -0.25) is 0 Å². The molecule has 1 aromatic heterocycles. The third-order valence-electron chi connectivity index (χ3n) is 1.27. The molecule has 1 N–H and O–H groups in total. The third-order valence-corrected chi connectivity index (χ3v) is 3.07. The van der Waals surface area contributed by atoms with Gasteiger partial charge in [-0.25, -0.2) is 4.98 Å². The summed E-state index contributed by atoms with van der Waals surface area (Å²) in [4.78, 5) is 4.08. The van der Waals surface area contributed by atoms with Gasteiger partial charge < -0.3 is 5.32 Å². The van der Waals surface area contributed by atoms with E-state index in [-0.39, 0.29) is 0 Å². The van der Waals surface area contributed by atoms with E-state index in [4.69, 9.17) is 0 Å². The van der Waals surface area contributed by atoms with Crippen LogP contribution in [0.1, 0.15) is 13.3 Å². The predicted octanol–water partition coefficient (Wildman–Crippen LogP) is 1.63. The van der Waals surface area contributed by atoms with Crippen LogP contribution in [0.5, 0.6) is 0 Å². The monoisotopic (exact) mass is 203 g/mol. The maximum atomic E-state index is 4.08. The molecule has 0 aliphatic heterocycles. The molecule has 68 valence electrons. The first kappa shape index (κ1) is 9.95. The minimum absolute atomic E-state index is 1.05. The topological polar surface area (TPSA) is 37.8 Å². The average Bonchev–Trinajstić information content (AvgIpc) is 2.57. The van der Waals surface area contributed by atoms with Crippen molar-refractivity contribution in [3.8, 4) is 0 Å². The van der Waals surface area contributed by atoms with Crippen molar-refractivity contribution in [2.45, 2.75) is 17.7 Å². The first-order chi connectivity index (χ1) is 5.93. The van der Waals surface area contributed by atoms with Crippen molar-refractivity contribution < 1.29 is 0 Å². The Morgan fingerprint density at radius 1 is 1.58 bits per heavy atom. The Labute approximate surface area is 81.1 Å². The van der Waals surface area contributed by atoms with Crippen LogP contribution in [0, 0.1) is 0 Å². The first-order valence-corrected chi connectivity index (χ1v) is 5.79. The third kappa shape index (κ3) is 4.04. The number of nitrogens with one attached hydrogen (secondary N) is 1. The summed E-state index contributed by atoms with van der Waals surface area (Å²) in [6.45, 7) is 4.33. The molecule has 0 unspecified atom stereocenters. The average molecular weight is 203 g/mol. The lowest BCUT2D eigenvalue weighted by Gasteiger charge is -1.99. The molecule has 0 amide bonds. The summed E-state index contributed by atoms with van der Waals surface area (Å²) in [6, 6.07) is 0. The highest BCUT2D eigenvalue weighted by atomic mass is 32.2. The zero-order valence-electron chi connectivity index (χ0n) is 7.12. The molecule has 1 aromatic rings. The van der Waals surface area contributed by atoms with Crippen molar-refractivity contribution >= 4 is 23.3 Å². The normalized spacial score (nSPS) is 10.4. The number of hydrogen-bond acceptors (Lipinski definition) is 5. The predicted molar refractivity (Wildman–Crippen MR) is 53.8 cm³/mol. The van der Waals surface area contributed by atoms with Gasteiger partial charge in [-0.1, -0.05) is 18.7 Å². The standard InChI is InChI=1S/C7H13N3S2/c1-2-3-8-4-5-11-7-9-6-10-12-7/h6,8H,2-5H2,1H3. The molecule has 0 bridgehead atoms. The number of thioether (sulfide) groups is 1. The number of nitrogens with zero attached hydrogens (tertiary/aromatic N) is 2. The molecule has 0 aliphatic carbocycles. The van der Waals surface area contributed by atoms with E-state index in [1.54, 1.807) is 18.1 Å². The molecule has 0 aromatic carbocycles. The Bertz CT molecular complexity index is 189. The molecular formula is C7H13N3S2. The van der Waals surface area contributed by atoms with Crippen LogP contribution in [0.15, 0.2) is 10.7 Å². The van der Waals surface area contributed by atoms with E-state index in [0.717, 1.165) is 23.2 Å². The van der Waals surface area contributed by atoms with Crippen LogP contribution < -0.4 is 5.32 Å². The van der Waals surface area contributed by atoms with Gasteiger partial charge >= 0.3 is 0 Å². The fraction of sp³-hybridized carbons (Fsp3) is 0.714. The van der Waals surface area contributed by atoms with Gasteiger partial charge in [-0.05, 0) is 24.5 Å². The first-order valence-electron chi connectivity index (χ1n) is 4.03. The molecule has 0 saturated carbocycles. The fourth-order valence-electron chi connectivity index (χ4n) is 0.739. The van der Waals surface area contributed by atoms with E-state index < -0.39 is 0 Å². The van der Waals surface area contributed by atoms with Gasteiger partial charge in [0.15, 0.2) is 4.34 Å². The zero-order valence-corrected chi connectivity index (χ0v) is 8.75. The molecule has 5 heteroatoms. The van der Waals surface area contributed by atoms with Gasteiger partial charge in [-0.2, -0.15) is 4.37 Å². The van der Waals surface area contributed by atoms with E-state index in [2.05, 4.69) is 21.6 Å². The smallest absolute Gasteiger partial charge is 0.169 e. The zero-order chi connectivity index (χ0) is 8.65. The number of hydrogen-bond donors (Lipinski definition) is 1. The van der Waals surface area contributed by atoms with Gasteiger partial charge in [0.1, 0.15) is 6.33 Å². The van der Waals surface area contributed by atoms with Crippen LogP contribution >= 0.6 is 23.3 Å². The maximum absolute atomic E-state index is 4.08. The van der Waals surface area contributed by atoms with Gasteiger partial charge in [0, 0.05) is 12.3 Å². The van der Waals surface area contributed by atoms with Crippen LogP contribution in [0.25, 0.3) is 0 Å². The lowest BCUT2D eigenvalue weighted by Crippen LogP contribution is -2.17. The second kappa shape index (κ2) is 6.39. The molecule has 3 nitrogen and oxygen atoms in total.